The Morgan fingerprint density at radius 1 is 1.50 bits per heavy atom. The van der Waals surface area contributed by atoms with Gasteiger partial charge in [-0.1, -0.05) is 23.2 Å². The molecule has 1 aliphatic rings. The fourth-order valence-corrected chi connectivity index (χ4v) is 1.94. The molecule has 0 aromatic rings. The number of rotatable bonds is 3. The first-order chi connectivity index (χ1) is 6.59. The van der Waals surface area contributed by atoms with E-state index in [9.17, 15) is 0 Å². The summed E-state index contributed by atoms with van der Waals surface area (Å²) < 4.78 is 0. The van der Waals surface area contributed by atoms with Crippen molar-refractivity contribution >= 4 is 23.2 Å². The predicted molar refractivity (Wildman–Crippen MR) is 62.9 cm³/mol. The van der Waals surface area contributed by atoms with Crippen molar-refractivity contribution in [3.8, 4) is 0 Å². The Morgan fingerprint density at radius 2 is 2.07 bits per heavy atom. The van der Waals surface area contributed by atoms with Gasteiger partial charge in [-0.15, -0.1) is 0 Å². The van der Waals surface area contributed by atoms with Crippen molar-refractivity contribution in [1.29, 1.82) is 0 Å². The van der Waals surface area contributed by atoms with Crippen LogP contribution in [0.5, 0.6) is 0 Å². The zero-order valence-corrected chi connectivity index (χ0v) is 10.3. The molecule has 0 spiro atoms. The van der Waals surface area contributed by atoms with Gasteiger partial charge in [0.1, 0.15) is 0 Å². The van der Waals surface area contributed by atoms with Gasteiger partial charge in [-0.25, -0.2) is 0 Å². The summed E-state index contributed by atoms with van der Waals surface area (Å²) in [5, 5.41) is 4.09. The smallest absolute Gasteiger partial charge is 0.0434 e. The molecule has 82 valence electrons. The summed E-state index contributed by atoms with van der Waals surface area (Å²) in [6, 6.07) is 0. The van der Waals surface area contributed by atoms with Crippen LogP contribution < -0.4 is 5.32 Å². The number of nitrogens with zero attached hydrogens (tertiary/aromatic N) is 1. The van der Waals surface area contributed by atoms with Crippen LogP contribution in [0.4, 0.5) is 0 Å². The highest BCUT2D eigenvalue weighted by Crippen LogP contribution is 2.22. The van der Waals surface area contributed by atoms with E-state index in [2.05, 4.69) is 17.1 Å². The van der Waals surface area contributed by atoms with E-state index in [1.807, 2.05) is 7.05 Å². The Hall–Kier alpha value is 0.240. The molecule has 1 aliphatic heterocycles. The fraction of sp³-hybridized carbons (Fsp3) is 0.800. The van der Waals surface area contributed by atoms with Crippen LogP contribution in [0.25, 0.3) is 0 Å². The van der Waals surface area contributed by atoms with Gasteiger partial charge < -0.3 is 5.32 Å². The van der Waals surface area contributed by atoms with Crippen LogP contribution in [-0.4, -0.2) is 37.1 Å². The number of hydrogen-bond acceptors (Lipinski definition) is 2. The van der Waals surface area contributed by atoms with E-state index in [1.165, 1.54) is 5.54 Å². The van der Waals surface area contributed by atoms with Gasteiger partial charge in [-0.3, -0.25) is 4.90 Å². The maximum Gasteiger partial charge on any atom is 0.0434 e. The molecule has 0 bridgehead atoms. The molecule has 0 aliphatic carbocycles. The molecule has 0 aromatic carbocycles. The minimum atomic E-state index is 0.299. The Balaban J connectivity index is 2.36. The van der Waals surface area contributed by atoms with Crippen LogP contribution in [-0.2, 0) is 0 Å². The summed E-state index contributed by atoms with van der Waals surface area (Å²) in [7, 11) is 2.03. The van der Waals surface area contributed by atoms with Crippen molar-refractivity contribution in [3.05, 3.63) is 10.6 Å². The lowest BCUT2D eigenvalue weighted by Crippen LogP contribution is -2.50. The van der Waals surface area contributed by atoms with Crippen LogP contribution in [0, 0.1) is 0 Å². The Morgan fingerprint density at radius 3 is 2.50 bits per heavy atom. The first kappa shape index (κ1) is 12.3. The fourth-order valence-electron chi connectivity index (χ4n) is 1.70. The molecule has 1 fully saturated rings. The largest absolute Gasteiger partial charge is 0.314 e. The van der Waals surface area contributed by atoms with Crippen LogP contribution in [0.1, 0.15) is 19.8 Å². The van der Waals surface area contributed by atoms with Crippen molar-refractivity contribution < 1.29 is 0 Å². The van der Waals surface area contributed by atoms with E-state index in [4.69, 9.17) is 23.2 Å². The van der Waals surface area contributed by atoms with Crippen molar-refractivity contribution in [3.63, 3.8) is 0 Å². The highest BCUT2D eigenvalue weighted by atomic mass is 35.5. The van der Waals surface area contributed by atoms with Crippen molar-refractivity contribution in [2.45, 2.75) is 25.3 Å². The lowest BCUT2D eigenvalue weighted by molar-refractivity contribution is 0.163. The number of halogens is 2. The van der Waals surface area contributed by atoms with Crippen LogP contribution in [0.15, 0.2) is 10.6 Å². The molecular formula is C10H18Cl2N2. The normalized spacial score (nSPS) is 23.9. The topological polar surface area (TPSA) is 15.3 Å². The Labute approximate surface area is 96.2 Å². The zero-order valence-electron chi connectivity index (χ0n) is 8.82. The van der Waals surface area contributed by atoms with E-state index in [0.29, 0.717) is 5.54 Å². The third-order valence-corrected chi connectivity index (χ3v) is 3.66. The molecule has 0 unspecified atom stereocenters. The number of hydrogen-bond donors (Lipinski definition) is 1. The van der Waals surface area contributed by atoms with E-state index in [-0.39, 0.29) is 0 Å². The number of likely N-dealkylation sites (tertiary alicyclic amines) is 1. The molecule has 14 heavy (non-hydrogen) atoms. The lowest BCUT2D eigenvalue weighted by Gasteiger charge is -2.39. The Bertz CT molecular complexity index is 208. The van der Waals surface area contributed by atoms with E-state index in [0.717, 1.165) is 37.5 Å². The average Bonchev–Trinajstić information content (AvgIpc) is 2.21. The predicted octanol–water partition coefficient (Wildman–Crippen LogP) is 2.38. The van der Waals surface area contributed by atoms with Crippen molar-refractivity contribution in [2.24, 2.45) is 0 Å². The minimum absolute atomic E-state index is 0.299. The minimum Gasteiger partial charge on any atom is -0.314 e. The maximum atomic E-state index is 5.88. The van der Waals surface area contributed by atoms with E-state index < -0.39 is 0 Å². The molecule has 0 saturated carbocycles. The van der Waals surface area contributed by atoms with Crippen molar-refractivity contribution in [2.75, 3.05) is 26.7 Å². The van der Waals surface area contributed by atoms with Crippen LogP contribution in [0.3, 0.4) is 0 Å². The van der Waals surface area contributed by atoms with Gasteiger partial charge in [0, 0.05) is 35.7 Å². The van der Waals surface area contributed by atoms with Crippen molar-refractivity contribution in [1.82, 2.24) is 10.2 Å². The summed E-state index contributed by atoms with van der Waals surface area (Å²) in [5.41, 5.74) is 1.75. The molecule has 0 atom stereocenters. The molecule has 1 saturated heterocycles. The van der Waals surface area contributed by atoms with Gasteiger partial charge in [0.15, 0.2) is 0 Å². The molecule has 2 nitrogen and oxygen atoms in total. The molecule has 0 radical (unpaired) electrons. The third kappa shape index (κ3) is 3.43. The number of nitrogens with one attached hydrogen (secondary N) is 1. The van der Waals surface area contributed by atoms with Crippen LogP contribution in [0.2, 0.25) is 0 Å². The molecule has 1 rings (SSSR count). The second kappa shape index (κ2) is 5.36. The Kier molecular flexibility index (Phi) is 4.71. The molecule has 4 heteroatoms. The van der Waals surface area contributed by atoms with Gasteiger partial charge in [0.05, 0.1) is 0 Å². The number of piperidine rings is 1. The summed E-state index contributed by atoms with van der Waals surface area (Å²) in [6.07, 6.45) is 2.33. The first-order valence-electron chi connectivity index (χ1n) is 4.96. The standard InChI is InChI=1S/C10H18Cl2N2/c1-10(13-2)3-5-14(6-4-10)8-9(12)7-11/h7,13H,3-6,8H2,1-2H3. The summed E-state index contributed by atoms with van der Waals surface area (Å²) >= 11 is 11.4. The third-order valence-electron chi connectivity index (χ3n) is 3.06. The zero-order chi connectivity index (χ0) is 10.6. The first-order valence-corrected chi connectivity index (χ1v) is 5.77. The molecule has 0 amide bonds. The van der Waals surface area contributed by atoms with Gasteiger partial charge >= 0.3 is 0 Å². The summed E-state index contributed by atoms with van der Waals surface area (Å²) in [6.45, 7) is 5.21. The van der Waals surface area contributed by atoms with Gasteiger partial charge in [-0.2, -0.15) is 0 Å². The molecular weight excluding hydrogens is 219 g/mol. The summed E-state index contributed by atoms with van der Waals surface area (Å²) in [5.74, 6) is 0. The lowest BCUT2D eigenvalue weighted by atomic mass is 9.90. The second-order valence-electron chi connectivity index (χ2n) is 4.14. The molecule has 1 N–H and O–H groups in total. The van der Waals surface area contributed by atoms with Gasteiger partial charge in [0.25, 0.3) is 0 Å². The van der Waals surface area contributed by atoms with Gasteiger partial charge in [-0.05, 0) is 26.8 Å². The average molecular weight is 237 g/mol. The van der Waals surface area contributed by atoms with E-state index in [1.54, 1.807) is 0 Å². The second-order valence-corrected chi connectivity index (χ2v) is 4.85. The quantitative estimate of drug-likeness (QED) is 0.810. The van der Waals surface area contributed by atoms with Crippen LogP contribution >= 0.6 is 23.2 Å². The monoisotopic (exact) mass is 236 g/mol. The SMILES string of the molecule is CNC1(C)CCN(CC(Cl)=CCl)CC1. The maximum absolute atomic E-state index is 5.88. The summed E-state index contributed by atoms with van der Waals surface area (Å²) in [4.78, 5) is 2.33. The van der Waals surface area contributed by atoms with Gasteiger partial charge in [0.2, 0.25) is 0 Å². The highest BCUT2D eigenvalue weighted by molar-refractivity contribution is 6.36. The molecule has 0 aromatic heterocycles. The highest BCUT2D eigenvalue weighted by Gasteiger charge is 2.27. The molecule has 1 heterocycles. The van der Waals surface area contributed by atoms with E-state index >= 15 is 0 Å².